The van der Waals surface area contributed by atoms with Crippen LogP contribution in [0, 0.1) is 6.92 Å². The number of aromatic nitrogens is 1. The van der Waals surface area contributed by atoms with E-state index in [2.05, 4.69) is 10.5 Å². The van der Waals surface area contributed by atoms with Crippen molar-refractivity contribution in [1.29, 1.82) is 0 Å². The lowest BCUT2D eigenvalue weighted by Gasteiger charge is -2.07. The highest BCUT2D eigenvalue weighted by atomic mass is 16.5. The molecule has 0 spiro atoms. The third-order valence-corrected chi connectivity index (χ3v) is 4.46. The molecule has 0 radical (unpaired) electrons. The number of nitrogens with zero attached hydrogens (tertiary/aromatic N) is 1. The topological polar surface area (TPSA) is 81.4 Å². The number of aryl methyl sites for hydroxylation is 1. The molecule has 1 amide bonds. The number of hydrogen-bond donors (Lipinski definition) is 1. The maximum atomic E-state index is 12.4. The van der Waals surface area contributed by atoms with Crippen LogP contribution >= 0.6 is 0 Å². The number of carbonyl (C=O) groups is 2. The first-order valence-corrected chi connectivity index (χ1v) is 9.08. The zero-order valence-corrected chi connectivity index (χ0v) is 15.7. The predicted molar refractivity (Wildman–Crippen MR) is 110 cm³/mol. The number of benzene rings is 3. The van der Waals surface area contributed by atoms with E-state index in [4.69, 9.17) is 9.26 Å². The third kappa shape index (κ3) is 4.16. The molecule has 1 heterocycles. The molecule has 3 aromatic carbocycles. The van der Waals surface area contributed by atoms with Crippen LogP contribution in [0.15, 0.2) is 77.3 Å². The quantitative estimate of drug-likeness (QED) is 0.507. The van der Waals surface area contributed by atoms with Gasteiger partial charge >= 0.3 is 5.97 Å². The number of hydrogen-bond acceptors (Lipinski definition) is 5. The minimum absolute atomic E-state index is 0.187. The highest BCUT2D eigenvalue weighted by molar-refractivity contribution is 6.05. The lowest BCUT2D eigenvalue weighted by Crippen LogP contribution is -2.20. The standard InChI is InChI=1S/C23H18N2O4/c1-15-9-11-17(12-10-15)20-13-22(29-25-20)24-21(26)14-28-23(27)19-8-4-6-16-5-2-3-7-18(16)19/h2-13H,14H2,1H3,(H,24,26). The van der Waals surface area contributed by atoms with Crippen LogP contribution in [0.4, 0.5) is 5.88 Å². The summed E-state index contributed by atoms with van der Waals surface area (Å²) in [7, 11) is 0. The van der Waals surface area contributed by atoms with E-state index in [1.165, 1.54) is 0 Å². The van der Waals surface area contributed by atoms with Crippen molar-refractivity contribution in [1.82, 2.24) is 5.16 Å². The van der Waals surface area contributed by atoms with Gasteiger partial charge in [-0.15, -0.1) is 0 Å². The van der Waals surface area contributed by atoms with Crippen LogP contribution < -0.4 is 5.32 Å². The molecule has 0 saturated carbocycles. The molecule has 0 aliphatic carbocycles. The molecule has 4 rings (SSSR count). The Kier molecular flexibility index (Phi) is 5.07. The van der Waals surface area contributed by atoms with Gasteiger partial charge in [-0.1, -0.05) is 71.4 Å². The number of carbonyl (C=O) groups excluding carboxylic acids is 2. The van der Waals surface area contributed by atoms with E-state index in [0.717, 1.165) is 21.9 Å². The minimum Gasteiger partial charge on any atom is -0.452 e. The number of rotatable bonds is 5. The summed E-state index contributed by atoms with van der Waals surface area (Å²) in [5.41, 5.74) is 3.03. The Balaban J connectivity index is 1.38. The fourth-order valence-corrected chi connectivity index (χ4v) is 2.98. The first-order valence-electron chi connectivity index (χ1n) is 9.08. The van der Waals surface area contributed by atoms with Crippen molar-refractivity contribution in [2.24, 2.45) is 0 Å². The molecule has 4 aromatic rings. The van der Waals surface area contributed by atoms with Gasteiger partial charge in [-0.2, -0.15) is 0 Å². The minimum atomic E-state index is -0.560. The SMILES string of the molecule is Cc1ccc(-c2cc(NC(=O)COC(=O)c3cccc4ccccc34)on2)cc1. The van der Waals surface area contributed by atoms with Crippen LogP contribution in [-0.2, 0) is 9.53 Å². The fourth-order valence-electron chi connectivity index (χ4n) is 2.98. The summed E-state index contributed by atoms with van der Waals surface area (Å²) in [4.78, 5) is 24.5. The van der Waals surface area contributed by atoms with E-state index in [-0.39, 0.29) is 5.88 Å². The van der Waals surface area contributed by atoms with Crippen molar-refractivity contribution in [3.63, 3.8) is 0 Å². The highest BCUT2D eigenvalue weighted by Crippen LogP contribution is 2.22. The van der Waals surface area contributed by atoms with Crippen LogP contribution in [0.1, 0.15) is 15.9 Å². The van der Waals surface area contributed by atoms with E-state index in [9.17, 15) is 9.59 Å². The summed E-state index contributed by atoms with van der Waals surface area (Å²) in [5, 5.41) is 8.19. The van der Waals surface area contributed by atoms with Gasteiger partial charge in [0.1, 0.15) is 5.69 Å². The van der Waals surface area contributed by atoms with Gasteiger partial charge in [0.15, 0.2) is 6.61 Å². The largest absolute Gasteiger partial charge is 0.452 e. The third-order valence-electron chi connectivity index (χ3n) is 4.46. The molecule has 0 fully saturated rings. The maximum absolute atomic E-state index is 12.4. The molecular weight excluding hydrogens is 368 g/mol. The normalized spacial score (nSPS) is 10.7. The number of nitrogens with one attached hydrogen (secondary N) is 1. The fraction of sp³-hybridized carbons (Fsp3) is 0.0870. The predicted octanol–water partition coefficient (Wildman–Crippen LogP) is 4.60. The second-order valence-electron chi connectivity index (χ2n) is 6.59. The van der Waals surface area contributed by atoms with Gasteiger partial charge in [-0.05, 0) is 23.8 Å². The molecule has 0 atom stereocenters. The molecule has 1 aromatic heterocycles. The molecule has 0 saturated heterocycles. The van der Waals surface area contributed by atoms with E-state index in [0.29, 0.717) is 11.3 Å². The smallest absolute Gasteiger partial charge is 0.339 e. The molecule has 29 heavy (non-hydrogen) atoms. The first kappa shape index (κ1) is 18.4. The van der Waals surface area contributed by atoms with Gasteiger partial charge in [0.05, 0.1) is 5.56 Å². The van der Waals surface area contributed by atoms with Crippen LogP contribution in [-0.4, -0.2) is 23.6 Å². The summed E-state index contributed by atoms with van der Waals surface area (Å²) in [6.45, 7) is 1.57. The van der Waals surface area contributed by atoms with Crippen molar-refractivity contribution in [2.45, 2.75) is 6.92 Å². The number of ether oxygens (including phenoxy) is 1. The Hall–Kier alpha value is -3.93. The van der Waals surface area contributed by atoms with Crippen molar-refractivity contribution < 1.29 is 18.8 Å². The van der Waals surface area contributed by atoms with E-state index in [1.807, 2.05) is 61.5 Å². The van der Waals surface area contributed by atoms with E-state index in [1.54, 1.807) is 18.2 Å². The summed E-state index contributed by atoms with van der Waals surface area (Å²) in [6.07, 6.45) is 0. The zero-order valence-electron chi connectivity index (χ0n) is 15.7. The molecule has 0 aliphatic heterocycles. The van der Waals surface area contributed by atoms with Gasteiger partial charge in [0.2, 0.25) is 5.88 Å². The molecule has 6 heteroatoms. The summed E-state index contributed by atoms with van der Waals surface area (Å²) in [5.74, 6) is -0.883. The molecule has 0 bridgehead atoms. The highest BCUT2D eigenvalue weighted by Gasteiger charge is 2.15. The van der Waals surface area contributed by atoms with Crippen LogP contribution in [0.5, 0.6) is 0 Å². The van der Waals surface area contributed by atoms with Crippen molar-refractivity contribution in [3.8, 4) is 11.3 Å². The van der Waals surface area contributed by atoms with Crippen LogP contribution in [0.2, 0.25) is 0 Å². The van der Waals surface area contributed by atoms with E-state index >= 15 is 0 Å². The van der Waals surface area contributed by atoms with Gasteiger partial charge in [-0.25, -0.2) is 4.79 Å². The van der Waals surface area contributed by atoms with Crippen molar-refractivity contribution in [3.05, 3.63) is 83.9 Å². The second-order valence-corrected chi connectivity index (χ2v) is 6.59. The molecule has 144 valence electrons. The van der Waals surface area contributed by atoms with Gasteiger partial charge in [-0.3, -0.25) is 10.1 Å². The Labute approximate surface area is 167 Å². The number of esters is 1. The zero-order chi connectivity index (χ0) is 20.2. The van der Waals surface area contributed by atoms with Crippen LogP contribution in [0.25, 0.3) is 22.0 Å². The van der Waals surface area contributed by atoms with Gasteiger partial charge < -0.3 is 9.26 Å². The molecule has 0 aliphatic rings. The monoisotopic (exact) mass is 386 g/mol. The molecule has 0 unspecified atom stereocenters. The van der Waals surface area contributed by atoms with Gasteiger partial charge in [0.25, 0.3) is 5.91 Å². The molecule has 6 nitrogen and oxygen atoms in total. The Morgan fingerprint density at radius 3 is 2.59 bits per heavy atom. The molecule has 1 N–H and O–H groups in total. The van der Waals surface area contributed by atoms with Crippen molar-refractivity contribution in [2.75, 3.05) is 11.9 Å². The average Bonchev–Trinajstić information content (AvgIpc) is 3.20. The summed E-state index contributed by atoms with van der Waals surface area (Å²) >= 11 is 0. The lowest BCUT2D eigenvalue weighted by atomic mass is 10.1. The summed E-state index contributed by atoms with van der Waals surface area (Å²) < 4.78 is 10.3. The number of fused-ring (bicyclic) bond motifs is 1. The first-order chi connectivity index (χ1) is 14.1. The van der Waals surface area contributed by atoms with Crippen molar-refractivity contribution >= 4 is 28.5 Å². The van der Waals surface area contributed by atoms with E-state index < -0.39 is 18.5 Å². The number of amides is 1. The average molecular weight is 386 g/mol. The second kappa shape index (κ2) is 7.98. The summed E-state index contributed by atoms with van der Waals surface area (Å²) in [6, 6.07) is 22.3. The number of anilines is 1. The maximum Gasteiger partial charge on any atom is 0.339 e. The Morgan fingerprint density at radius 1 is 1.00 bits per heavy atom. The Morgan fingerprint density at radius 2 is 1.76 bits per heavy atom. The van der Waals surface area contributed by atoms with Crippen LogP contribution in [0.3, 0.4) is 0 Å². The molecular formula is C23H18N2O4. The lowest BCUT2D eigenvalue weighted by molar-refractivity contribution is -0.119. The Bertz CT molecular complexity index is 1170. The van der Waals surface area contributed by atoms with Gasteiger partial charge in [0, 0.05) is 11.6 Å².